The summed E-state index contributed by atoms with van der Waals surface area (Å²) in [5.41, 5.74) is 0.801. The number of thiophene rings is 1. The first-order chi connectivity index (χ1) is 9.24. The minimum absolute atomic E-state index is 0.138. The molecule has 1 aromatic heterocycles. The third-order valence-corrected chi connectivity index (χ3v) is 3.48. The topological polar surface area (TPSA) is 29.1 Å². The Hall–Kier alpha value is -1.94. The van der Waals surface area contributed by atoms with Gasteiger partial charge in [-0.3, -0.25) is 4.79 Å². The predicted molar refractivity (Wildman–Crippen MR) is 76.5 cm³/mol. The third kappa shape index (κ3) is 4.67. The first kappa shape index (κ1) is 13.5. The van der Waals surface area contributed by atoms with Crippen molar-refractivity contribution in [2.24, 2.45) is 0 Å². The average Bonchev–Trinajstić information content (AvgIpc) is 2.91. The van der Waals surface area contributed by atoms with Gasteiger partial charge in [-0.05, 0) is 41.6 Å². The van der Waals surface area contributed by atoms with Crippen LogP contribution in [0, 0.1) is 5.82 Å². The van der Waals surface area contributed by atoms with Crippen LogP contribution in [0.25, 0.3) is 6.08 Å². The number of nitrogens with one attached hydrogen (secondary N) is 1. The zero-order valence-electron chi connectivity index (χ0n) is 10.3. The van der Waals surface area contributed by atoms with Crippen LogP contribution in [-0.4, -0.2) is 12.5 Å². The fraction of sp³-hybridized carbons (Fsp3) is 0.133. The van der Waals surface area contributed by atoms with Crippen LogP contribution in [0.2, 0.25) is 0 Å². The maximum atomic E-state index is 12.7. The van der Waals surface area contributed by atoms with Gasteiger partial charge < -0.3 is 5.32 Å². The molecule has 0 atom stereocenters. The van der Waals surface area contributed by atoms with Crippen LogP contribution in [0.15, 0.2) is 47.9 Å². The van der Waals surface area contributed by atoms with Gasteiger partial charge in [-0.2, -0.15) is 0 Å². The molecule has 0 aliphatic heterocycles. The second-order valence-corrected chi connectivity index (χ2v) is 5.04. The minimum atomic E-state index is -0.280. The second-order valence-electron chi connectivity index (χ2n) is 4.01. The van der Waals surface area contributed by atoms with Crippen molar-refractivity contribution in [1.29, 1.82) is 0 Å². The first-order valence-electron chi connectivity index (χ1n) is 5.98. The van der Waals surface area contributed by atoms with Crippen molar-refractivity contribution in [1.82, 2.24) is 5.32 Å². The molecule has 0 radical (unpaired) electrons. The van der Waals surface area contributed by atoms with Crippen molar-refractivity contribution in [2.45, 2.75) is 6.42 Å². The summed E-state index contributed by atoms with van der Waals surface area (Å²) in [5.74, 6) is -0.418. The zero-order chi connectivity index (χ0) is 13.5. The lowest BCUT2D eigenvalue weighted by Gasteiger charge is -2.00. The number of rotatable bonds is 5. The summed E-state index contributed by atoms with van der Waals surface area (Å²) in [6.07, 6.45) is 3.97. The molecule has 2 nitrogen and oxygen atoms in total. The Labute approximate surface area is 115 Å². The van der Waals surface area contributed by atoms with Gasteiger partial charge in [0.1, 0.15) is 5.82 Å². The van der Waals surface area contributed by atoms with E-state index in [1.807, 2.05) is 17.5 Å². The first-order valence-corrected chi connectivity index (χ1v) is 6.86. The molecule has 2 rings (SSSR count). The number of hydrogen-bond acceptors (Lipinski definition) is 2. The van der Waals surface area contributed by atoms with E-state index < -0.39 is 0 Å². The van der Waals surface area contributed by atoms with Crippen LogP contribution >= 0.6 is 11.3 Å². The summed E-state index contributed by atoms with van der Waals surface area (Å²) >= 11 is 1.68. The molecule has 1 amide bonds. The molecule has 0 aliphatic carbocycles. The lowest BCUT2D eigenvalue weighted by molar-refractivity contribution is -0.116. The highest BCUT2D eigenvalue weighted by Gasteiger charge is 1.97. The quantitative estimate of drug-likeness (QED) is 0.834. The summed E-state index contributed by atoms with van der Waals surface area (Å²) in [7, 11) is 0. The largest absolute Gasteiger partial charge is 0.352 e. The maximum absolute atomic E-state index is 12.7. The Bertz CT molecular complexity index is 546. The molecule has 1 heterocycles. The Morgan fingerprint density at radius 2 is 2.05 bits per heavy atom. The standard InChI is InChI=1S/C15H14FNOS/c16-13-6-3-12(4-7-13)5-8-15(18)17-10-9-14-2-1-11-19-14/h1-8,11H,9-10H2,(H,17,18)/b8-5+. The van der Waals surface area contributed by atoms with Crippen LogP contribution in [0.5, 0.6) is 0 Å². The molecule has 0 fully saturated rings. The van der Waals surface area contributed by atoms with E-state index in [0.29, 0.717) is 6.54 Å². The van der Waals surface area contributed by atoms with Crippen molar-refractivity contribution < 1.29 is 9.18 Å². The van der Waals surface area contributed by atoms with Gasteiger partial charge >= 0.3 is 0 Å². The van der Waals surface area contributed by atoms with Crippen LogP contribution in [0.3, 0.4) is 0 Å². The summed E-state index contributed by atoms with van der Waals surface area (Å²) in [6.45, 7) is 0.618. The number of carbonyl (C=O) groups is 1. The highest BCUT2D eigenvalue weighted by molar-refractivity contribution is 7.09. The van der Waals surface area contributed by atoms with Crippen LogP contribution < -0.4 is 5.32 Å². The lowest BCUT2D eigenvalue weighted by atomic mass is 10.2. The summed E-state index contributed by atoms with van der Waals surface area (Å²) in [5, 5.41) is 4.83. The molecule has 1 aromatic carbocycles. The highest BCUT2D eigenvalue weighted by atomic mass is 32.1. The molecule has 2 aromatic rings. The average molecular weight is 275 g/mol. The Morgan fingerprint density at radius 3 is 2.74 bits per heavy atom. The summed E-state index contributed by atoms with van der Waals surface area (Å²) < 4.78 is 12.7. The van der Waals surface area contributed by atoms with Crippen LogP contribution in [0.1, 0.15) is 10.4 Å². The molecule has 0 saturated heterocycles. The third-order valence-electron chi connectivity index (χ3n) is 2.55. The van der Waals surface area contributed by atoms with Gasteiger partial charge in [0.15, 0.2) is 0 Å². The van der Waals surface area contributed by atoms with E-state index in [9.17, 15) is 9.18 Å². The number of carbonyl (C=O) groups excluding carboxylic acids is 1. The van der Waals surface area contributed by atoms with Gasteiger partial charge in [0.25, 0.3) is 0 Å². The molecular formula is C15H14FNOS. The Balaban J connectivity index is 1.76. The molecule has 4 heteroatoms. The normalized spacial score (nSPS) is 10.8. The van der Waals surface area contributed by atoms with E-state index in [4.69, 9.17) is 0 Å². The monoisotopic (exact) mass is 275 g/mol. The minimum Gasteiger partial charge on any atom is -0.352 e. The van der Waals surface area contributed by atoms with Crippen molar-refractivity contribution in [3.8, 4) is 0 Å². The molecule has 0 bridgehead atoms. The molecule has 98 valence electrons. The number of amides is 1. The fourth-order valence-electron chi connectivity index (χ4n) is 1.57. The molecule has 0 saturated carbocycles. The van der Waals surface area contributed by atoms with E-state index >= 15 is 0 Å². The van der Waals surface area contributed by atoms with Gasteiger partial charge in [-0.25, -0.2) is 4.39 Å². The van der Waals surface area contributed by atoms with E-state index in [1.54, 1.807) is 29.5 Å². The predicted octanol–water partition coefficient (Wildman–Crippen LogP) is 3.26. The van der Waals surface area contributed by atoms with E-state index in [0.717, 1.165) is 12.0 Å². The van der Waals surface area contributed by atoms with Crippen molar-refractivity contribution in [3.63, 3.8) is 0 Å². The van der Waals surface area contributed by atoms with Crippen LogP contribution in [0.4, 0.5) is 4.39 Å². The van der Waals surface area contributed by atoms with Gasteiger partial charge in [0.05, 0.1) is 0 Å². The van der Waals surface area contributed by atoms with Crippen molar-refractivity contribution in [3.05, 3.63) is 64.1 Å². The highest BCUT2D eigenvalue weighted by Crippen LogP contribution is 2.08. The molecular weight excluding hydrogens is 261 g/mol. The number of benzene rings is 1. The molecule has 19 heavy (non-hydrogen) atoms. The smallest absolute Gasteiger partial charge is 0.244 e. The van der Waals surface area contributed by atoms with Gasteiger partial charge in [-0.1, -0.05) is 18.2 Å². The Morgan fingerprint density at radius 1 is 1.26 bits per heavy atom. The number of hydrogen-bond donors (Lipinski definition) is 1. The van der Waals surface area contributed by atoms with Gasteiger partial charge in [-0.15, -0.1) is 11.3 Å². The van der Waals surface area contributed by atoms with Gasteiger partial charge in [0, 0.05) is 17.5 Å². The van der Waals surface area contributed by atoms with Crippen molar-refractivity contribution >= 4 is 23.3 Å². The van der Waals surface area contributed by atoms with Gasteiger partial charge in [0.2, 0.25) is 5.91 Å². The van der Waals surface area contributed by atoms with E-state index in [2.05, 4.69) is 5.32 Å². The molecule has 0 aliphatic rings. The molecule has 0 spiro atoms. The Kier molecular flexibility index (Phi) is 4.86. The summed E-state index contributed by atoms with van der Waals surface area (Å²) in [6, 6.07) is 10.0. The van der Waals surface area contributed by atoms with Crippen LogP contribution in [-0.2, 0) is 11.2 Å². The summed E-state index contributed by atoms with van der Waals surface area (Å²) in [4.78, 5) is 12.8. The zero-order valence-corrected chi connectivity index (χ0v) is 11.1. The fourth-order valence-corrected chi connectivity index (χ4v) is 2.28. The van der Waals surface area contributed by atoms with E-state index in [-0.39, 0.29) is 11.7 Å². The molecule has 0 unspecified atom stereocenters. The van der Waals surface area contributed by atoms with E-state index in [1.165, 1.54) is 23.1 Å². The SMILES string of the molecule is O=C(/C=C/c1ccc(F)cc1)NCCc1cccs1. The maximum Gasteiger partial charge on any atom is 0.244 e. The second kappa shape index (κ2) is 6.85. The van der Waals surface area contributed by atoms with Crippen molar-refractivity contribution in [2.75, 3.05) is 6.54 Å². The molecule has 1 N–H and O–H groups in total. The number of halogens is 1. The lowest BCUT2D eigenvalue weighted by Crippen LogP contribution is -2.23.